The third-order valence-electron chi connectivity index (χ3n) is 2.26. The molecule has 0 saturated heterocycles. The van der Waals surface area contributed by atoms with Gasteiger partial charge in [0.1, 0.15) is 0 Å². The summed E-state index contributed by atoms with van der Waals surface area (Å²) < 4.78 is 2.15. The molecule has 1 heterocycles. The van der Waals surface area contributed by atoms with E-state index in [0.717, 1.165) is 13.0 Å². The maximum atomic E-state index is 5.66. The minimum absolute atomic E-state index is 0.214. The van der Waals surface area contributed by atoms with Crippen molar-refractivity contribution in [2.45, 2.75) is 20.3 Å². The van der Waals surface area contributed by atoms with E-state index in [4.69, 9.17) is 5.73 Å². The molecule has 0 spiro atoms. The Labute approximate surface area is 74.4 Å². The summed E-state index contributed by atoms with van der Waals surface area (Å²) in [7, 11) is 2.07. The van der Waals surface area contributed by atoms with E-state index in [1.165, 1.54) is 5.69 Å². The van der Waals surface area contributed by atoms with Crippen LogP contribution in [0, 0.1) is 5.41 Å². The van der Waals surface area contributed by atoms with Crippen molar-refractivity contribution in [3.8, 4) is 0 Å². The Balaban J connectivity index is 2.70. The summed E-state index contributed by atoms with van der Waals surface area (Å²) in [4.78, 5) is 0. The first-order valence-corrected chi connectivity index (χ1v) is 4.35. The van der Waals surface area contributed by atoms with E-state index in [1.54, 1.807) is 0 Å². The molecule has 2 N–H and O–H groups in total. The molecule has 0 aliphatic carbocycles. The minimum Gasteiger partial charge on any atom is -0.354 e. The molecule has 0 fully saturated rings. The zero-order valence-electron chi connectivity index (χ0n) is 8.17. The quantitative estimate of drug-likeness (QED) is 0.725. The van der Waals surface area contributed by atoms with Crippen LogP contribution in [0.5, 0.6) is 0 Å². The molecule has 2 heteroatoms. The van der Waals surface area contributed by atoms with Gasteiger partial charge in [-0.05, 0) is 30.5 Å². The van der Waals surface area contributed by atoms with Gasteiger partial charge in [0.05, 0.1) is 0 Å². The van der Waals surface area contributed by atoms with Crippen molar-refractivity contribution in [3.05, 3.63) is 24.0 Å². The lowest BCUT2D eigenvalue weighted by atomic mass is 9.88. The van der Waals surface area contributed by atoms with Crippen LogP contribution in [-0.2, 0) is 13.5 Å². The molecule has 1 aromatic rings. The van der Waals surface area contributed by atoms with E-state index in [2.05, 4.69) is 43.8 Å². The number of hydrogen-bond donors (Lipinski definition) is 1. The third-order valence-corrected chi connectivity index (χ3v) is 2.26. The second-order valence-electron chi connectivity index (χ2n) is 4.16. The van der Waals surface area contributed by atoms with E-state index < -0.39 is 0 Å². The van der Waals surface area contributed by atoms with E-state index >= 15 is 0 Å². The van der Waals surface area contributed by atoms with Gasteiger partial charge in [0.25, 0.3) is 0 Å². The standard InChI is InChI=1S/C10H18N2/c1-10(2,8-11)7-9-5-4-6-12(9)3/h4-6H,7-8,11H2,1-3H3. The Bertz CT molecular complexity index is 248. The summed E-state index contributed by atoms with van der Waals surface area (Å²) in [6.45, 7) is 5.12. The number of nitrogens with zero attached hydrogens (tertiary/aromatic N) is 1. The monoisotopic (exact) mass is 166 g/mol. The Morgan fingerprint density at radius 3 is 2.58 bits per heavy atom. The van der Waals surface area contributed by atoms with Crippen LogP contribution in [0.1, 0.15) is 19.5 Å². The summed E-state index contributed by atoms with van der Waals surface area (Å²) in [5, 5.41) is 0. The molecule has 2 nitrogen and oxygen atoms in total. The molecule has 0 aliphatic heterocycles. The maximum Gasteiger partial charge on any atom is 0.0177 e. The fraction of sp³-hybridized carbons (Fsp3) is 0.600. The molecule has 1 rings (SSSR count). The fourth-order valence-electron chi connectivity index (χ4n) is 1.24. The van der Waals surface area contributed by atoms with E-state index in [-0.39, 0.29) is 5.41 Å². The van der Waals surface area contributed by atoms with E-state index in [9.17, 15) is 0 Å². The molecule has 0 aromatic carbocycles. The van der Waals surface area contributed by atoms with Crippen LogP contribution < -0.4 is 5.73 Å². The maximum absolute atomic E-state index is 5.66. The summed E-state index contributed by atoms with van der Waals surface area (Å²) in [6.07, 6.45) is 3.12. The van der Waals surface area contributed by atoms with Gasteiger partial charge in [0.15, 0.2) is 0 Å². The van der Waals surface area contributed by atoms with Crippen LogP contribution in [0.2, 0.25) is 0 Å². The van der Waals surface area contributed by atoms with Crippen molar-refractivity contribution in [1.29, 1.82) is 0 Å². The lowest BCUT2D eigenvalue weighted by Gasteiger charge is -2.22. The lowest BCUT2D eigenvalue weighted by Crippen LogP contribution is -2.26. The molecular weight excluding hydrogens is 148 g/mol. The predicted octanol–water partition coefficient (Wildman–Crippen LogP) is 1.55. The van der Waals surface area contributed by atoms with Gasteiger partial charge in [-0.1, -0.05) is 13.8 Å². The summed E-state index contributed by atoms with van der Waals surface area (Å²) in [6, 6.07) is 4.22. The number of hydrogen-bond acceptors (Lipinski definition) is 1. The van der Waals surface area contributed by atoms with E-state index in [1.807, 2.05) is 0 Å². The van der Waals surface area contributed by atoms with Crippen molar-refractivity contribution in [2.24, 2.45) is 18.2 Å². The molecule has 0 aliphatic rings. The van der Waals surface area contributed by atoms with Crippen molar-refractivity contribution in [1.82, 2.24) is 4.57 Å². The molecular formula is C10H18N2. The highest BCUT2D eigenvalue weighted by atomic mass is 14.9. The second-order valence-corrected chi connectivity index (χ2v) is 4.16. The van der Waals surface area contributed by atoms with E-state index in [0.29, 0.717) is 0 Å². The largest absolute Gasteiger partial charge is 0.354 e. The normalized spacial score (nSPS) is 12.0. The van der Waals surface area contributed by atoms with Gasteiger partial charge in [-0.3, -0.25) is 0 Å². The van der Waals surface area contributed by atoms with Gasteiger partial charge in [-0.25, -0.2) is 0 Å². The highest BCUT2D eigenvalue weighted by Gasteiger charge is 2.17. The smallest absolute Gasteiger partial charge is 0.0177 e. The van der Waals surface area contributed by atoms with Crippen LogP contribution in [0.4, 0.5) is 0 Å². The fourth-order valence-corrected chi connectivity index (χ4v) is 1.24. The Kier molecular flexibility index (Phi) is 2.58. The van der Waals surface area contributed by atoms with Crippen LogP contribution in [0.25, 0.3) is 0 Å². The molecule has 0 amide bonds. The van der Waals surface area contributed by atoms with Crippen molar-refractivity contribution >= 4 is 0 Å². The topological polar surface area (TPSA) is 30.9 Å². The van der Waals surface area contributed by atoms with Crippen LogP contribution >= 0.6 is 0 Å². The molecule has 0 atom stereocenters. The molecule has 68 valence electrons. The minimum atomic E-state index is 0.214. The molecule has 0 bridgehead atoms. The average Bonchev–Trinajstić information content (AvgIpc) is 2.36. The van der Waals surface area contributed by atoms with Gasteiger partial charge in [0.2, 0.25) is 0 Å². The molecule has 0 radical (unpaired) electrons. The first-order valence-electron chi connectivity index (χ1n) is 4.35. The van der Waals surface area contributed by atoms with Crippen LogP contribution in [-0.4, -0.2) is 11.1 Å². The first kappa shape index (κ1) is 9.33. The Morgan fingerprint density at radius 2 is 2.17 bits per heavy atom. The second kappa shape index (κ2) is 3.31. The van der Waals surface area contributed by atoms with Crippen molar-refractivity contribution < 1.29 is 0 Å². The molecule has 0 unspecified atom stereocenters. The van der Waals surface area contributed by atoms with Crippen LogP contribution in [0.15, 0.2) is 18.3 Å². The Morgan fingerprint density at radius 1 is 1.50 bits per heavy atom. The molecule has 1 aromatic heterocycles. The predicted molar refractivity (Wildman–Crippen MR) is 52.0 cm³/mol. The van der Waals surface area contributed by atoms with Gasteiger partial charge in [0, 0.05) is 18.9 Å². The SMILES string of the molecule is Cn1cccc1CC(C)(C)CN. The number of aromatic nitrogens is 1. The summed E-state index contributed by atoms with van der Waals surface area (Å²) in [5.74, 6) is 0. The lowest BCUT2D eigenvalue weighted by molar-refractivity contribution is 0.368. The average molecular weight is 166 g/mol. The van der Waals surface area contributed by atoms with Gasteiger partial charge in [-0.2, -0.15) is 0 Å². The Hall–Kier alpha value is -0.760. The van der Waals surface area contributed by atoms with Crippen molar-refractivity contribution in [3.63, 3.8) is 0 Å². The van der Waals surface area contributed by atoms with Gasteiger partial charge < -0.3 is 10.3 Å². The van der Waals surface area contributed by atoms with Gasteiger partial charge in [-0.15, -0.1) is 0 Å². The summed E-state index contributed by atoms with van der Waals surface area (Å²) >= 11 is 0. The highest BCUT2D eigenvalue weighted by Crippen LogP contribution is 2.19. The number of aryl methyl sites for hydroxylation is 1. The zero-order chi connectivity index (χ0) is 9.19. The third kappa shape index (κ3) is 2.11. The number of nitrogens with two attached hydrogens (primary N) is 1. The molecule has 12 heavy (non-hydrogen) atoms. The van der Waals surface area contributed by atoms with Crippen LogP contribution in [0.3, 0.4) is 0 Å². The van der Waals surface area contributed by atoms with Crippen molar-refractivity contribution in [2.75, 3.05) is 6.54 Å². The first-order chi connectivity index (χ1) is 5.55. The summed E-state index contributed by atoms with van der Waals surface area (Å²) in [5.41, 5.74) is 7.23. The van der Waals surface area contributed by atoms with Gasteiger partial charge >= 0.3 is 0 Å². The number of rotatable bonds is 3. The highest BCUT2D eigenvalue weighted by molar-refractivity contribution is 5.08. The molecule has 0 saturated carbocycles. The zero-order valence-corrected chi connectivity index (χ0v) is 8.17.